The van der Waals surface area contributed by atoms with E-state index < -0.39 is 11.9 Å². The fourth-order valence-electron chi connectivity index (χ4n) is 7.79. The van der Waals surface area contributed by atoms with Crippen LogP contribution in [0.4, 0.5) is 0 Å². The van der Waals surface area contributed by atoms with Crippen LogP contribution in [-0.2, 0) is 23.9 Å². The fourth-order valence-corrected chi connectivity index (χ4v) is 7.79. The third kappa shape index (κ3) is 3.76. The zero-order valence-electron chi connectivity index (χ0n) is 18.7. The van der Waals surface area contributed by atoms with E-state index in [2.05, 4.69) is 6.92 Å². The van der Waals surface area contributed by atoms with E-state index in [0.717, 1.165) is 44.1 Å². The first-order valence-electron chi connectivity index (χ1n) is 11.8. The van der Waals surface area contributed by atoms with Gasteiger partial charge in [0.1, 0.15) is 12.4 Å². The molecule has 0 unspecified atom stereocenters. The number of carbonyl (C=O) groups is 4. The van der Waals surface area contributed by atoms with Crippen molar-refractivity contribution in [2.24, 2.45) is 34.5 Å². The average Bonchev–Trinajstić information content (AvgIpc) is 3.08. The summed E-state index contributed by atoms with van der Waals surface area (Å²) in [5.41, 5.74) is 0.865. The maximum atomic E-state index is 12.3. The predicted octanol–water partition coefficient (Wildman–Crippen LogP) is 4.11. The Morgan fingerprint density at radius 2 is 1.84 bits per heavy atom. The first-order chi connectivity index (χ1) is 14.7. The van der Waals surface area contributed by atoms with Crippen LogP contribution in [0.2, 0.25) is 0 Å². The number of esters is 1. The number of Topliss-reactive ketones (excluding diaryl/α,β-unsaturated/α-hetero) is 1. The summed E-state index contributed by atoms with van der Waals surface area (Å²) in [6, 6.07) is 0. The van der Waals surface area contributed by atoms with Gasteiger partial charge < -0.3 is 9.84 Å². The van der Waals surface area contributed by atoms with Gasteiger partial charge in [0, 0.05) is 17.8 Å². The molecule has 0 aromatic rings. The zero-order valence-corrected chi connectivity index (χ0v) is 18.7. The molecule has 170 valence electrons. The van der Waals surface area contributed by atoms with Gasteiger partial charge in [-0.3, -0.25) is 19.2 Å². The van der Waals surface area contributed by atoms with Crippen LogP contribution in [0, 0.1) is 34.5 Å². The second-order valence-electron chi connectivity index (χ2n) is 10.5. The fraction of sp³-hybridized carbons (Fsp3) is 0.760. The summed E-state index contributed by atoms with van der Waals surface area (Å²) in [4.78, 5) is 47.6. The molecule has 6 heteroatoms. The summed E-state index contributed by atoms with van der Waals surface area (Å²) in [6.07, 6.45) is 8.52. The molecule has 1 N–H and O–H groups in total. The molecule has 31 heavy (non-hydrogen) atoms. The van der Waals surface area contributed by atoms with Crippen molar-refractivity contribution in [3.8, 4) is 0 Å². The molecule has 0 aromatic carbocycles. The Morgan fingerprint density at radius 3 is 2.55 bits per heavy atom. The summed E-state index contributed by atoms with van der Waals surface area (Å²) in [7, 11) is 0. The predicted molar refractivity (Wildman–Crippen MR) is 113 cm³/mol. The van der Waals surface area contributed by atoms with Crippen LogP contribution in [0.5, 0.6) is 0 Å². The highest BCUT2D eigenvalue weighted by Gasteiger charge is 2.61. The number of fused-ring (bicyclic) bond motifs is 5. The number of carboxylic acids is 1. The number of aliphatic carboxylic acids is 1. The molecule has 0 radical (unpaired) electrons. The Labute approximate surface area is 183 Å². The molecule has 4 aliphatic carbocycles. The molecular formula is C25H34O6. The minimum absolute atomic E-state index is 0.0536. The van der Waals surface area contributed by atoms with Crippen LogP contribution in [-0.4, -0.2) is 35.2 Å². The Hall–Kier alpha value is -1.98. The maximum absolute atomic E-state index is 12.3. The molecule has 3 fully saturated rings. The second-order valence-corrected chi connectivity index (χ2v) is 10.5. The lowest BCUT2D eigenvalue weighted by molar-refractivity contribution is -0.155. The van der Waals surface area contributed by atoms with Gasteiger partial charge in [-0.15, -0.1) is 0 Å². The van der Waals surface area contributed by atoms with Crippen LogP contribution < -0.4 is 0 Å². The van der Waals surface area contributed by atoms with Gasteiger partial charge in [0.2, 0.25) is 0 Å². The number of carbonyl (C=O) groups excluding carboxylic acids is 3. The van der Waals surface area contributed by atoms with E-state index in [1.54, 1.807) is 13.0 Å². The lowest BCUT2D eigenvalue weighted by atomic mass is 9.46. The summed E-state index contributed by atoms with van der Waals surface area (Å²) >= 11 is 0. The highest BCUT2D eigenvalue weighted by atomic mass is 16.5. The SMILES string of the molecule is CC(=O)[C@@H]1CC[C@@H]2[C@H]3CCC4=CC(=O)CC[C@]4(COC(=O)CCC(=O)O)[C@H]3CC[C@@]21C. The number of ketones is 2. The van der Waals surface area contributed by atoms with E-state index in [9.17, 15) is 19.2 Å². The van der Waals surface area contributed by atoms with Crippen molar-refractivity contribution in [1.82, 2.24) is 0 Å². The summed E-state index contributed by atoms with van der Waals surface area (Å²) in [6.45, 7) is 4.28. The van der Waals surface area contributed by atoms with Crippen LogP contribution in [0.1, 0.15) is 78.1 Å². The van der Waals surface area contributed by atoms with Crippen molar-refractivity contribution in [2.45, 2.75) is 78.1 Å². The third-order valence-corrected chi connectivity index (χ3v) is 9.21. The van der Waals surface area contributed by atoms with Crippen molar-refractivity contribution >= 4 is 23.5 Å². The largest absolute Gasteiger partial charge is 0.481 e. The van der Waals surface area contributed by atoms with Gasteiger partial charge in [-0.25, -0.2) is 0 Å². The summed E-state index contributed by atoms with van der Waals surface area (Å²) in [5.74, 6) is 0.442. The molecule has 0 saturated heterocycles. The normalized spacial score (nSPS) is 39.0. The number of hydrogen-bond acceptors (Lipinski definition) is 5. The van der Waals surface area contributed by atoms with Crippen molar-refractivity contribution < 1.29 is 29.0 Å². The van der Waals surface area contributed by atoms with Crippen LogP contribution >= 0.6 is 0 Å². The standard InChI is InChI=1S/C25H34O6/c1-15(26)19-5-6-20-18-4-3-16-13-17(27)9-12-25(16,21(18)10-11-24(19,20)2)14-31-23(30)8-7-22(28)29/h13,18-21H,3-12,14H2,1-2H3,(H,28,29)/t18-,19+,20-,21+,24-,25-/m1/s1. The van der Waals surface area contributed by atoms with E-state index in [1.807, 2.05) is 0 Å². The molecular weight excluding hydrogens is 396 g/mol. The molecule has 0 bridgehead atoms. The van der Waals surface area contributed by atoms with E-state index in [4.69, 9.17) is 9.84 Å². The van der Waals surface area contributed by atoms with Gasteiger partial charge in [-0.05, 0) is 81.1 Å². The molecule has 0 aliphatic heterocycles. The number of hydrogen-bond donors (Lipinski definition) is 1. The molecule has 0 aromatic heterocycles. The first kappa shape index (κ1) is 22.2. The highest BCUT2D eigenvalue weighted by Crippen LogP contribution is 2.66. The Bertz CT molecular complexity index is 828. The van der Waals surface area contributed by atoms with Crippen molar-refractivity contribution in [1.29, 1.82) is 0 Å². The van der Waals surface area contributed by atoms with E-state index in [0.29, 0.717) is 36.4 Å². The van der Waals surface area contributed by atoms with E-state index in [-0.39, 0.29) is 42.0 Å². The average molecular weight is 431 g/mol. The Balaban J connectivity index is 1.59. The third-order valence-electron chi connectivity index (χ3n) is 9.21. The molecule has 0 amide bonds. The smallest absolute Gasteiger partial charge is 0.306 e. The second kappa shape index (κ2) is 8.18. The van der Waals surface area contributed by atoms with Crippen LogP contribution in [0.25, 0.3) is 0 Å². The van der Waals surface area contributed by atoms with Gasteiger partial charge in [0.25, 0.3) is 0 Å². The maximum Gasteiger partial charge on any atom is 0.306 e. The summed E-state index contributed by atoms with van der Waals surface area (Å²) < 4.78 is 5.66. The molecule has 4 aliphatic rings. The zero-order chi connectivity index (χ0) is 22.4. The number of carboxylic acid groups (broad SMARTS) is 1. The van der Waals surface area contributed by atoms with Gasteiger partial charge >= 0.3 is 11.9 Å². The Kier molecular flexibility index (Phi) is 5.86. The number of ether oxygens (including phenoxy) is 1. The monoisotopic (exact) mass is 430 g/mol. The lowest BCUT2D eigenvalue weighted by Gasteiger charge is -2.58. The van der Waals surface area contributed by atoms with Crippen molar-refractivity contribution in [3.05, 3.63) is 11.6 Å². The minimum Gasteiger partial charge on any atom is -0.481 e. The van der Waals surface area contributed by atoms with Crippen LogP contribution in [0.3, 0.4) is 0 Å². The molecule has 6 nitrogen and oxygen atoms in total. The molecule has 6 atom stereocenters. The van der Waals surface area contributed by atoms with Crippen molar-refractivity contribution in [2.75, 3.05) is 6.61 Å². The van der Waals surface area contributed by atoms with Gasteiger partial charge in [-0.1, -0.05) is 12.5 Å². The van der Waals surface area contributed by atoms with Gasteiger partial charge in [0.15, 0.2) is 5.78 Å². The topological polar surface area (TPSA) is 97.7 Å². The number of rotatable bonds is 6. The quantitative estimate of drug-likeness (QED) is 0.637. The van der Waals surface area contributed by atoms with Crippen LogP contribution in [0.15, 0.2) is 11.6 Å². The van der Waals surface area contributed by atoms with E-state index >= 15 is 0 Å². The van der Waals surface area contributed by atoms with Crippen molar-refractivity contribution in [3.63, 3.8) is 0 Å². The molecule has 3 saturated carbocycles. The summed E-state index contributed by atoms with van der Waals surface area (Å²) in [5, 5.41) is 8.84. The van der Waals surface area contributed by atoms with Gasteiger partial charge in [-0.2, -0.15) is 0 Å². The first-order valence-corrected chi connectivity index (χ1v) is 11.8. The van der Waals surface area contributed by atoms with Gasteiger partial charge in [0.05, 0.1) is 12.8 Å². The van der Waals surface area contributed by atoms with E-state index in [1.165, 1.54) is 0 Å². The molecule has 0 heterocycles. The molecule has 4 rings (SSSR count). The highest BCUT2D eigenvalue weighted by molar-refractivity contribution is 5.91. The lowest BCUT2D eigenvalue weighted by Crippen LogP contribution is -2.53. The Morgan fingerprint density at radius 1 is 1.06 bits per heavy atom. The molecule has 0 spiro atoms. The minimum atomic E-state index is -1.01.